The molecule has 0 atom stereocenters. The second kappa shape index (κ2) is 12.8. The summed E-state index contributed by atoms with van der Waals surface area (Å²) in [5, 5.41) is 0. The second-order valence-electron chi connectivity index (χ2n) is 8.23. The highest BCUT2D eigenvalue weighted by Gasteiger charge is 2.28. The lowest BCUT2D eigenvalue weighted by atomic mass is 9.91. The Morgan fingerprint density at radius 2 is 1.30 bits per heavy atom. The van der Waals surface area contributed by atoms with Gasteiger partial charge in [-0.25, -0.2) is 4.79 Å². The molecule has 6 nitrogen and oxygen atoms in total. The molecular weight excluding hydrogens is 384 g/mol. The molecule has 0 bridgehead atoms. The molecule has 0 saturated heterocycles. The molecule has 1 aromatic carbocycles. The largest absolute Gasteiger partial charge is 0.462 e. The number of hydrogen-bond donors (Lipinski definition) is 0. The molecule has 0 N–H and O–H groups in total. The number of hydrogen-bond acceptors (Lipinski definition) is 6. The molecule has 0 spiro atoms. The summed E-state index contributed by atoms with van der Waals surface area (Å²) in [4.78, 5) is 34.1. The van der Waals surface area contributed by atoms with E-state index in [0.717, 1.165) is 6.42 Å². The minimum Gasteiger partial charge on any atom is -0.462 e. The third-order valence-corrected chi connectivity index (χ3v) is 4.72. The van der Waals surface area contributed by atoms with Gasteiger partial charge in [-0.1, -0.05) is 38.6 Å². The lowest BCUT2D eigenvalue weighted by Gasteiger charge is -2.20. The van der Waals surface area contributed by atoms with Crippen molar-refractivity contribution in [3.05, 3.63) is 42.5 Å². The molecule has 0 saturated carbocycles. The van der Waals surface area contributed by atoms with E-state index in [1.54, 1.807) is 19.1 Å². The fraction of sp³-hybridized carbons (Fsp3) is 0.542. The first-order valence-corrected chi connectivity index (χ1v) is 10.1. The molecule has 1 rings (SSSR count). The fourth-order valence-electron chi connectivity index (χ4n) is 1.61. The maximum Gasteiger partial charge on any atom is 0.333 e. The van der Waals surface area contributed by atoms with Gasteiger partial charge in [0.05, 0.1) is 10.8 Å². The summed E-state index contributed by atoms with van der Waals surface area (Å²) in [6.45, 7) is 16.5. The number of rotatable bonds is 9. The van der Waals surface area contributed by atoms with Crippen LogP contribution >= 0.6 is 0 Å². The highest BCUT2D eigenvalue weighted by atomic mass is 16.6. The fourth-order valence-corrected chi connectivity index (χ4v) is 1.61. The molecule has 0 aromatic heterocycles. The Hall–Kier alpha value is -2.63. The summed E-state index contributed by atoms with van der Waals surface area (Å²) in [6, 6.07) is 9.15. The normalized spacial score (nSPS) is 10.9. The number of carbonyl (C=O) groups is 3. The van der Waals surface area contributed by atoms with Crippen LogP contribution in [0.15, 0.2) is 42.5 Å². The Balaban J connectivity index is 0.000000564. The molecule has 168 valence electrons. The monoisotopic (exact) mass is 420 g/mol. The van der Waals surface area contributed by atoms with Gasteiger partial charge in [-0.3, -0.25) is 9.59 Å². The maximum absolute atomic E-state index is 11.6. The van der Waals surface area contributed by atoms with E-state index < -0.39 is 16.8 Å². The molecule has 0 aliphatic carbocycles. The average molecular weight is 421 g/mol. The van der Waals surface area contributed by atoms with Crippen LogP contribution < -0.4 is 4.74 Å². The van der Waals surface area contributed by atoms with Crippen molar-refractivity contribution in [3.63, 3.8) is 0 Å². The van der Waals surface area contributed by atoms with E-state index in [4.69, 9.17) is 14.2 Å². The van der Waals surface area contributed by atoms with E-state index in [0.29, 0.717) is 17.7 Å². The van der Waals surface area contributed by atoms with Gasteiger partial charge in [0, 0.05) is 5.57 Å². The maximum atomic E-state index is 11.6. The Bertz CT molecular complexity index is 704. The number of ether oxygens (including phenoxy) is 3. The SMILES string of the molecule is C=C(C)C(=O)OCCOC(=O)C(C)(C)CC.CCC(C)(C)C(=O)Oc1ccccc1. The van der Waals surface area contributed by atoms with Crippen LogP contribution in [-0.2, 0) is 23.9 Å². The summed E-state index contributed by atoms with van der Waals surface area (Å²) < 4.78 is 15.0. The van der Waals surface area contributed by atoms with Gasteiger partial charge >= 0.3 is 17.9 Å². The van der Waals surface area contributed by atoms with Crippen LogP contribution in [0.5, 0.6) is 5.75 Å². The Labute approximate surface area is 180 Å². The summed E-state index contributed by atoms with van der Waals surface area (Å²) in [6.07, 6.45) is 1.48. The predicted molar refractivity (Wildman–Crippen MR) is 117 cm³/mol. The van der Waals surface area contributed by atoms with E-state index in [2.05, 4.69) is 6.58 Å². The van der Waals surface area contributed by atoms with Crippen molar-refractivity contribution in [2.75, 3.05) is 13.2 Å². The minimum absolute atomic E-state index is 0.0667. The smallest absolute Gasteiger partial charge is 0.333 e. The second-order valence-corrected chi connectivity index (χ2v) is 8.23. The van der Waals surface area contributed by atoms with Gasteiger partial charge in [-0.2, -0.15) is 0 Å². The van der Waals surface area contributed by atoms with Crippen LogP contribution in [0.4, 0.5) is 0 Å². The average Bonchev–Trinajstić information content (AvgIpc) is 2.71. The van der Waals surface area contributed by atoms with E-state index in [1.807, 2.05) is 59.7 Å². The number of esters is 3. The molecule has 0 radical (unpaired) electrons. The van der Waals surface area contributed by atoms with E-state index in [1.165, 1.54) is 0 Å². The van der Waals surface area contributed by atoms with Crippen LogP contribution in [0, 0.1) is 10.8 Å². The van der Waals surface area contributed by atoms with Crippen molar-refractivity contribution >= 4 is 17.9 Å². The van der Waals surface area contributed by atoms with Crippen LogP contribution in [0.3, 0.4) is 0 Å². The molecule has 0 unspecified atom stereocenters. The number of para-hydroxylation sites is 1. The standard InChI is InChI=1S/C12H20O4.C12H16O2/c1-6-12(4,5)11(14)16-8-7-15-10(13)9(2)3;1-4-12(2,3)11(13)14-10-8-6-5-7-9-10/h2,6-8H2,1,3-5H3;5-9H,4H2,1-3H3. The van der Waals surface area contributed by atoms with Crippen LogP contribution in [0.25, 0.3) is 0 Å². The van der Waals surface area contributed by atoms with Gasteiger partial charge in [0.1, 0.15) is 19.0 Å². The van der Waals surface area contributed by atoms with Crippen molar-refractivity contribution < 1.29 is 28.6 Å². The van der Waals surface area contributed by atoms with Gasteiger partial charge in [0.15, 0.2) is 0 Å². The van der Waals surface area contributed by atoms with Crippen molar-refractivity contribution in [1.82, 2.24) is 0 Å². The Morgan fingerprint density at radius 1 is 0.833 bits per heavy atom. The first kappa shape index (κ1) is 27.4. The Morgan fingerprint density at radius 3 is 1.77 bits per heavy atom. The van der Waals surface area contributed by atoms with Crippen molar-refractivity contribution in [2.45, 2.75) is 61.3 Å². The summed E-state index contributed by atoms with van der Waals surface area (Å²) in [5.41, 5.74) is -0.561. The zero-order chi connectivity index (χ0) is 23.4. The molecule has 6 heteroatoms. The van der Waals surface area contributed by atoms with Crippen LogP contribution in [-0.4, -0.2) is 31.1 Å². The lowest BCUT2D eigenvalue weighted by molar-refractivity contribution is -0.158. The predicted octanol–water partition coefficient (Wildman–Crippen LogP) is 5.11. The van der Waals surface area contributed by atoms with E-state index >= 15 is 0 Å². The zero-order valence-corrected chi connectivity index (χ0v) is 19.4. The summed E-state index contributed by atoms with van der Waals surface area (Å²) in [7, 11) is 0. The first-order chi connectivity index (χ1) is 13.9. The van der Waals surface area contributed by atoms with Crippen molar-refractivity contribution in [2.24, 2.45) is 10.8 Å². The highest BCUT2D eigenvalue weighted by Crippen LogP contribution is 2.23. The number of benzene rings is 1. The van der Waals surface area contributed by atoms with Crippen LogP contribution in [0.1, 0.15) is 61.3 Å². The highest BCUT2D eigenvalue weighted by molar-refractivity contribution is 5.86. The van der Waals surface area contributed by atoms with E-state index in [9.17, 15) is 14.4 Å². The lowest BCUT2D eigenvalue weighted by Crippen LogP contribution is -2.28. The van der Waals surface area contributed by atoms with Gasteiger partial charge in [0.25, 0.3) is 0 Å². The molecule has 0 heterocycles. The van der Waals surface area contributed by atoms with Crippen LogP contribution in [0.2, 0.25) is 0 Å². The van der Waals surface area contributed by atoms with Gasteiger partial charge in [0.2, 0.25) is 0 Å². The van der Waals surface area contributed by atoms with E-state index in [-0.39, 0.29) is 25.2 Å². The zero-order valence-electron chi connectivity index (χ0n) is 19.4. The topological polar surface area (TPSA) is 78.9 Å². The third-order valence-electron chi connectivity index (χ3n) is 4.72. The molecular formula is C24H36O6. The van der Waals surface area contributed by atoms with Crippen molar-refractivity contribution in [1.29, 1.82) is 0 Å². The molecule has 1 aromatic rings. The van der Waals surface area contributed by atoms with Gasteiger partial charge in [-0.05, 0) is 59.6 Å². The van der Waals surface area contributed by atoms with Gasteiger partial charge in [-0.15, -0.1) is 0 Å². The first-order valence-electron chi connectivity index (χ1n) is 10.1. The third kappa shape index (κ3) is 10.2. The minimum atomic E-state index is -0.488. The van der Waals surface area contributed by atoms with Gasteiger partial charge < -0.3 is 14.2 Å². The quantitative estimate of drug-likeness (QED) is 0.239. The summed E-state index contributed by atoms with van der Waals surface area (Å²) in [5.74, 6) is -0.308. The molecule has 0 aliphatic rings. The summed E-state index contributed by atoms with van der Waals surface area (Å²) >= 11 is 0. The Kier molecular flexibility index (Phi) is 11.7. The molecule has 0 amide bonds. The molecule has 0 aliphatic heterocycles. The number of carbonyl (C=O) groups excluding carboxylic acids is 3. The van der Waals surface area contributed by atoms with Crippen molar-refractivity contribution in [3.8, 4) is 5.75 Å². The molecule has 30 heavy (non-hydrogen) atoms. The molecule has 0 fully saturated rings.